The van der Waals surface area contributed by atoms with Crippen LogP contribution in [0.5, 0.6) is 0 Å². The van der Waals surface area contributed by atoms with Crippen molar-refractivity contribution >= 4 is 27.3 Å². The molecule has 1 saturated heterocycles. The molecule has 0 aromatic carbocycles. The average molecular weight is 303 g/mol. The summed E-state index contributed by atoms with van der Waals surface area (Å²) < 4.78 is 26.4. The fraction of sp³-hybridized carbons (Fsp3) is 0.636. The minimum absolute atomic E-state index is 0.372. The van der Waals surface area contributed by atoms with Crippen LogP contribution in [-0.2, 0) is 21.9 Å². The first-order valence-electron chi connectivity index (χ1n) is 6.05. The lowest BCUT2D eigenvalue weighted by Crippen LogP contribution is -2.47. The van der Waals surface area contributed by atoms with Crippen molar-refractivity contribution in [2.45, 2.75) is 25.3 Å². The average Bonchev–Trinajstić information content (AvgIpc) is 2.74. The molecular weight excluding hydrogens is 286 g/mol. The van der Waals surface area contributed by atoms with Gasteiger partial charge in [0.05, 0.1) is 6.26 Å². The Balaban J connectivity index is 2.29. The number of amides is 1. The molecule has 1 unspecified atom stereocenters. The van der Waals surface area contributed by atoms with E-state index in [1.165, 1.54) is 15.6 Å². The Labute approximate surface area is 116 Å². The van der Waals surface area contributed by atoms with Gasteiger partial charge in [0, 0.05) is 25.2 Å². The van der Waals surface area contributed by atoms with Gasteiger partial charge in [-0.3, -0.25) is 4.79 Å². The van der Waals surface area contributed by atoms with E-state index in [-0.39, 0.29) is 5.91 Å². The zero-order valence-corrected chi connectivity index (χ0v) is 12.6. The highest BCUT2D eigenvalue weighted by Gasteiger charge is 2.34. The van der Waals surface area contributed by atoms with Gasteiger partial charge in [0.2, 0.25) is 10.0 Å². The lowest BCUT2D eigenvalue weighted by molar-refractivity contribution is -0.122. The number of rotatable bonds is 2. The third-order valence-corrected chi connectivity index (χ3v) is 5.27. The van der Waals surface area contributed by atoms with Crippen molar-refractivity contribution < 1.29 is 13.2 Å². The number of hydrogen-bond acceptors (Lipinski definition) is 4. The van der Waals surface area contributed by atoms with Crippen LogP contribution in [0, 0.1) is 0 Å². The maximum absolute atomic E-state index is 12.2. The first kappa shape index (κ1) is 14.4. The zero-order valence-electron chi connectivity index (χ0n) is 10.9. The highest BCUT2D eigenvalue weighted by Crippen LogP contribution is 2.20. The minimum atomic E-state index is -3.36. The summed E-state index contributed by atoms with van der Waals surface area (Å²) >= 11 is 1.36. The monoisotopic (exact) mass is 303 g/mol. The molecule has 1 aliphatic heterocycles. The minimum Gasteiger partial charge on any atom is -0.327 e. The topological polar surface area (TPSA) is 71.7 Å². The molecule has 1 amide bonds. The molecule has 0 saturated carbocycles. The Morgan fingerprint density at radius 1 is 1.47 bits per heavy atom. The van der Waals surface area contributed by atoms with Gasteiger partial charge in [-0.2, -0.15) is 9.30 Å². The van der Waals surface area contributed by atoms with E-state index < -0.39 is 16.1 Å². The molecule has 0 spiro atoms. The highest BCUT2D eigenvalue weighted by atomic mass is 32.2. The lowest BCUT2D eigenvalue weighted by Gasteiger charge is -2.31. The van der Waals surface area contributed by atoms with Gasteiger partial charge >= 0.3 is 0 Å². The van der Waals surface area contributed by atoms with E-state index in [1.807, 2.05) is 11.6 Å². The summed E-state index contributed by atoms with van der Waals surface area (Å²) in [5, 5.41) is 1.83. The summed E-state index contributed by atoms with van der Waals surface area (Å²) in [5.41, 5.74) is 0. The molecule has 1 aromatic heterocycles. The number of aryl methyl sites for hydroxylation is 1. The van der Waals surface area contributed by atoms with Gasteiger partial charge in [0.15, 0.2) is 4.80 Å². The van der Waals surface area contributed by atoms with Gasteiger partial charge in [-0.15, -0.1) is 11.3 Å². The van der Waals surface area contributed by atoms with Gasteiger partial charge in [0.1, 0.15) is 6.04 Å². The Bertz CT molecular complexity index is 630. The SMILES string of the molecule is Cn1ccsc1=NC(=O)C1CCCCN1S(C)(=O)=O. The molecule has 6 nitrogen and oxygen atoms in total. The molecule has 0 bridgehead atoms. The third-order valence-electron chi connectivity index (χ3n) is 3.13. The molecule has 0 N–H and O–H groups in total. The van der Waals surface area contributed by atoms with Crippen molar-refractivity contribution in [2.75, 3.05) is 12.8 Å². The summed E-state index contributed by atoms with van der Waals surface area (Å²) in [5.74, 6) is -0.372. The highest BCUT2D eigenvalue weighted by molar-refractivity contribution is 7.88. The van der Waals surface area contributed by atoms with Crippen LogP contribution in [0.25, 0.3) is 0 Å². The number of aromatic nitrogens is 1. The number of thiazole rings is 1. The van der Waals surface area contributed by atoms with Gasteiger partial charge in [-0.25, -0.2) is 8.42 Å². The second-order valence-electron chi connectivity index (χ2n) is 4.63. The van der Waals surface area contributed by atoms with Crippen LogP contribution in [0.2, 0.25) is 0 Å². The van der Waals surface area contributed by atoms with E-state index in [4.69, 9.17) is 0 Å². The Kier molecular flexibility index (Phi) is 4.22. The number of nitrogens with zero attached hydrogens (tertiary/aromatic N) is 3. The van der Waals surface area contributed by atoms with Crippen molar-refractivity contribution in [3.8, 4) is 0 Å². The van der Waals surface area contributed by atoms with Crippen LogP contribution >= 0.6 is 11.3 Å². The molecule has 2 rings (SSSR count). The fourth-order valence-electron chi connectivity index (χ4n) is 2.15. The molecule has 8 heteroatoms. The number of hydrogen-bond donors (Lipinski definition) is 0. The smallest absolute Gasteiger partial charge is 0.266 e. The maximum atomic E-state index is 12.2. The molecule has 19 heavy (non-hydrogen) atoms. The Hall–Kier alpha value is -0.990. The summed E-state index contributed by atoms with van der Waals surface area (Å²) in [4.78, 5) is 16.8. The summed E-state index contributed by atoms with van der Waals surface area (Å²) in [7, 11) is -1.56. The van der Waals surface area contributed by atoms with E-state index in [0.717, 1.165) is 19.1 Å². The van der Waals surface area contributed by atoms with E-state index >= 15 is 0 Å². The van der Waals surface area contributed by atoms with Crippen LogP contribution in [0.1, 0.15) is 19.3 Å². The van der Waals surface area contributed by atoms with Crippen LogP contribution in [0.3, 0.4) is 0 Å². The Morgan fingerprint density at radius 2 is 2.21 bits per heavy atom. The predicted molar refractivity (Wildman–Crippen MR) is 73.0 cm³/mol. The lowest BCUT2D eigenvalue weighted by atomic mass is 10.0. The van der Waals surface area contributed by atoms with Gasteiger partial charge in [0.25, 0.3) is 5.91 Å². The van der Waals surface area contributed by atoms with Crippen LogP contribution in [0.4, 0.5) is 0 Å². The van der Waals surface area contributed by atoms with E-state index in [0.29, 0.717) is 17.8 Å². The number of carbonyl (C=O) groups excluding carboxylic acids is 1. The molecule has 1 aliphatic rings. The second-order valence-corrected chi connectivity index (χ2v) is 7.44. The molecule has 0 aliphatic carbocycles. The largest absolute Gasteiger partial charge is 0.327 e. The van der Waals surface area contributed by atoms with Gasteiger partial charge in [-0.05, 0) is 12.8 Å². The predicted octanol–water partition coefficient (Wildman–Crippen LogP) is 0.328. The third kappa shape index (κ3) is 3.31. The van der Waals surface area contributed by atoms with Crippen LogP contribution < -0.4 is 4.80 Å². The fourth-order valence-corrected chi connectivity index (χ4v) is 4.01. The second kappa shape index (κ2) is 5.56. The quantitative estimate of drug-likeness (QED) is 0.790. The number of sulfonamides is 1. The molecule has 0 radical (unpaired) electrons. The normalized spacial score (nSPS) is 22.6. The maximum Gasteiger partial charge on any atom is 0.266 e. The van der Waals surface area contributed by atoms with Crippen molar-refractivity contribution in [1.29, 1.82) is 0 Å². The molecule has 1 fully saturated rings. The van der Waals surface area contributed by atoms with Crippen molar-refractivity contribution in [2.24, 2.45) is 12.0 Å². The van der Waals surface area contributed by atoms with Crippen molar-refractivity contribution in [1.82, 2.24) is 8.87 Å². The molecule has 106 valence electrons. The number of carbonyl (C=O) groups is 1. The molecule has 1 aromatic rings. The zero-order chi connectivity index (χ0) is 14.0. The van der Waals surface area contributed by atoms with Crippen LogP contribution in [0.15, 0.2) is 16.6 Å². The molecular formula is C11H17N3O3S2. The van der Waals surface area contributed by atoms with Gasteiger partial charge in [-0.1, -0.05) is 6.42 Å². The van der Waals surface area contributed by atoms with Gasteiger partial charge < -0.3 is 4.57 Å². The van der Waals surface area contributed by atoms with Crippen molar-refractivity contribution in [3.63, 3.8) is 0 Å². The summed E-state index contributed by atoms with van der Waals surface area (Å²) in [6.45, 7) is 0.404. The van der Waals surface area contributed by atoms with E-state index in [2.05, 4.69) is 4.99 Å². The molecule has 2 heterocycles. The van der Waals surface area contributed by atoms with E-state index in [1.54, 1.807) is 11.6 Å². The summed E-state index contributed by atoms with van der Waals surface area (Å²) in [6, 6.07) is -0.647. The summed E-state index contributed by atoms with van der Waals surface area (Å²) in [6.07, 6.45) is 5.15. The molecule has 1 atom stereocenters. The van der Waals surface area contributed by atoms with Crippen LogP contribution in [-0.4, -0.2) is 42.0 Å². The van der Waals surface area contributed by atoms with E-state index in [9.17, 15) is 13.2 Å². The number of piperidine rings is 1. The first-order chi connectivity index (χ1) is 8.89. The standard InChI is InChI=1S/C11H17N3O3S2/c1-13-7-8-18-11(13)12-10(15)9-5-3-4-6-14(9)19(2,16)17/h7-9H,3-6H2,1-2H3. The Morgan fingerprint density at radius 3 is 2.79 bits per heavy atom. The van der Waals surface area contributed by atoms with Crippen molar-refractivity contribution in [3.05, 3.63) is 16.4 Å². The first-order valence-corrected chi connectivity index (χ1v) is 8.78.